The van der Waals surface area contributed by atoms with Crippen LogP contribution in [0.1, 0.15) is 0 Å². The lowest BCUT2D eigenvalue weighted by Crippen LogP contribution is -2.44. The van der Waals surface area contributed by atoms with Gasteiger partial charge in [-0.15, -0.1) is 0 Å². The number of carboxylic acids is 1. The third-order valence-corrected chi connectivity index (χ3v) is 2.96. The highest BCUT2D eigenvalue weighted by Gasteiger charge is 2.18. The van der Waals surface area contributed by atoms with E-state index >= 15 is 0 Å². The molecule has 0 saturated carbocycles. The molecule has 3 N–H and O–H groups in total. The zero-order valence-corrected chi connectivity index (χ0v) is 11.2. The fraction of sp³-hybridized carbons (Fsp3) is 0.273. The first-order valence-corrected chi connectivity index (χ1v) is 6.85. The first-order valence-electron chi connectivity index (χ1n) is 5.07. The van der Waals surface area contributed by atoms with E-state index in [0.717, 1.165) is 0 Å². The van der Waals surface area contributed by atoms with Gasteiger partial charge >= 0.3 is 12.0 Å². The summed E-state index contributed by atoms with van der Waals surface area (Å²) in [4.78, 5) is 22.4. The van der Waals surface area contributed by atoms with Crippen LogP contribution in [0, 0.1) is 0 Å². The highest BCUT2D eigenvalue weighted by atomic mass is 35.5. The fourth-order valence-corrected chi connectivity index (χ4v) is 1.89. The van der Waals surface area contributed by atoms with Crippen LogP contribution in [0.25, 0.3) is 0 Å². The van der Waals surface area contributed by atoms with Crippen LogP contribution in [-0.4, -0.2) is 35.2 Å². The molecule has 5 nitrogen and oxygen atoms in total. The molecule has 2 amide bonds. The number of urea groups is 1. The van der Waals surface area contributed by atoms with Crippen LogP contribution < -0.4 is 10.6 Å². The van der Waals surface area contributed by atoms with E-state index in [-0.39, 0.29) is 0 Å². The largest absolute Gasteiger partial charge is 0.480 e. The topological polar surface area (TPSA) is 78.4 Å². The van der Waals surface area contributed by atoms with E-state index in [4.69, 9.17) is 16.7 Å². The summed E-state index contributed by atoms with van der Waals surface area (Å²) in [6.45, 7) is 0. The Kier molecular flexibility index (Phi) is 5.80. The number of hydrogen-bond acceptors (Lipinski definition) is 3. The van der Waals surface area contributed by atoms with Gasteiger partial charge in [-0.05, 0) is 30.5 Å². The molecule has 0 radical (unpaired) electrons. The van der Waals surface area contributed by atoms with Crippen molar-refractivity contribution in [1.29, 1.82) is 0 Å². The molecule has 1 aromatic rings. The fourth-order valence-electron chi connectivity index (χ4n) is 1.20. The van der Waals surface area contributed by atoms with Crippen molar-refractivity contribution in [3.05, 3.63) is 29.3 Å². The van der Waals surface area contributed by atoms with E-state index in [2.05, 4.69) is 10.6 Å². The van der Waals surface area contributed by atoms with Crippen LogP contribution in [0.15, 0.2) is 24.3 Å². The maximum atomic E-state index is 11.6. The number of carboxylic acid groups (broad SMARTS) is 1. The predicted molar refractivity (Wildman–Crippen MR) is 73.4 cm³/mol. The van der Waals surface area contributed by atoms with Gasteiger partial charge in [-0.3, -0.25) is 0 Å². The summed E-state index contributed by atoms with van der Waals surface area (Å²) in [7, 11) is 0. The van der Waals surface area contributed by atoms with Gasteiger partial charge in [0, 0.05) is 16.5 Å². The second kappa shape index (κ2) is 7.13. The number of benzene rings is 1. The minimum atomic E-state index is -1.06. The van der Waals surface area contributed by atoms with Crippen molar-refractivity contribution >= 4 is 41.1 Å². The highest BCUT2D eigenvalue weighted by Crippen LogP contribution is 2.13. The maximum Gasteiger partial charge on any atom is 0.327 e. The maximum absolute atomic E-state index is 11.6. The monoisotopic (exact) mass is 288 g/mol. The molecular weight excluding hydrogens is 276 g/mol. The molecule has 0 spiro atoms. The number of hydrogen-bond donors (Lipinski definition) is 3. The molecule has 0 bridgehead atoms. The van der Waals surface area contributed by atoms with Gasteiger partial charge < -0.3 is 15.7 Å². The zero-order chi connectivity index (χ0) is 13.5. The number of nitrogens with one attached hydrogen (secondary N) is 2. The van der Waals surface area contributed by atoms with Gasteiger partial charge in [0.15, 0.2) is 0 Å². The lowest BCUT2D eigenvalue weighted by molar-refractivity contribution is -0.138. The molecule has 18 heavy (non-hydrogen) atoms. The van der Waals surface area contributed by atoms with Crippen molar-refractivity contribution in [1.82, 2.24) is 5.32 Å². The van der Waals surface area contributed by atoms with Gasteiger partial charge in [0.2, 0.25) is 0 Å². The number of carbonyl (C=O) groups is 2. The number of aliphatic carboxylic acids is 1. The second-order valence-electron chi connectivity index (χ2n) is 3.45. The minimum absolute atomic E-state index is 0.309. The summed E-state index contributed by atoms with van der Waals surface area (Å²) in [5.41, 5.74) is 0.546. The van der Waals surface area contributed by atoms with E-state index in [1.54, 1.807) is 30.5 Å². The summed E-state index contributed by atoms with van der Waals surface area (Å²) >= 11 is 7.05. The highest BCUT2D eigenvalue weighted by molar-refractivity contribution is 7.98. The van der Waals surface area contributed by atoms with E-state index in [0.29, 0.717) is 16.5 Å². The van der Waals surface area contributed by atoms with Gasteiger partial charge in [-0.1, -0.05) is 11.6 Å². The number of anilines is 1. The summed E-state index contributed by atoms with van der Waals surface area (Å²) in [6.07, 6.45) is 1.77. The van der Waals surface area contributed by atoms with Crippen LogP contribution in [-0.2, 0) is 4.79 Å². The Morgan fingerprint density at radius 2 is 2.00 bits per heavy atom. The van der Waals surface area contributed by atoms with Gasteiger partial charge in [0.05, 0.1) is 0 Å². The molecule has 0 fully saturated rings. The van der Waals surface area contributed by atoms with Gasteiger partial charge in [0.25, 0.3) is 0 Å². The molecule has 0 aromatic heterocycles. The molecule has 0 heterocycles. The molecule has 1 aromatic carbocycles. The van der Waals surface area contributed by atoms with Gasteiger partial charge in [-0.2, -0.15) is 11.8 Å². The molecule has 1 atom stereocenters. The van der Waals surface area contributed by atoms with Crippen molar-refractivity contribution in [3.8, 4) is 0 Å². The molecule has 1 rings (SSSR count). The Morgan fingerprint density at radius 1 is 1.39 bits per heavy atom. The number of thioether (sulfide) groups is 1. The van der Waals surface area contributed by atoms with E-state index in [9.17, 15) is 9.59 Å². The lowest BCUT2D eigenvalue weighted by atomic mass is 10.3. The Hall–Kier alpha value is -1.40. The van der Waals surface area contributed by atoms with Crippen LogP contribution in [0.2, 0.25) is 5.02 Å². The van der Waals surface area contributed by atoms with Gasteiger partial charge in [0.1, 0.15) is 6.04 Å². The number of halogens is 1. The van der Waals surface area contributed by atoms with Crippen LogP contribution in [0.3, 0.4) is 0 Å². The van der Waals surface area contributed by atoms with E-state index in [1.165, 1.54) is 11.8 Å². The second-order valence-corrected chi connectivity index (χ2v) is 4.80. The molecule has 7 heteroatoms. The smallest absolute Gasteiger partial charge is 0.327 e. The van der Waals surface area contributed by atoms with E-state index in [1.807, 2.05) is 0 Å². The number of amides is 2. The number of carbonyl (C=O) groups excluding carboxylic acids is 1. The third kappa shape index (κ3) is 4.85. The van der Waals surface area contributed by atoms with Crippen molar-refractivity contribution < 1.29 is 14.7 Å². The molecule has 0 saturated heterocycles. The Bertz CT molecular complexity index is 425. The normalized spacial score (nSPS) is 11.7. The Balaban J connectivity index is 2.54. The van der Waals surface area contributed by atoms with Crippen molar-refractivity contribution in [2.45, 2.75) is 6.04 Å². The molecule has 0 aliphatic heterocycles. The molecular formula is C11H13ClN2O3S. The van der Waals surface area contributed by atoms with E-state index < -0.39 is 18.0 Å². The zero-order valence-electron chi connectivity index (χ0n) is 9.64. The third-order valence-electron chi connectivity index (χ3n) is 2.04. The molecule has 0 aliphatic carbocycles. The quantitative estimate of drug-likeness (QED) is 0.777. The van der Waals surface area contributed by atoms with Crippen LogP contribution in [0.5, 0.6) is 0 Å². The first-order chi connectivity index (χ1) is 8.52. The van der Waals surface area contributed by atoms with Gasteiger partial charge in [-0.25, -0.2) is 9.59 Å². The van der Waals surface area contributed by atoms with Crippen LogP contribution >= 0.6 is 23.4 Å². The Labute approximate surface area is 114 Å². The predicted octanol–water partition coefficient (Wildman–Crippen LogP) is 2.28. The molecule has 98 valence electrons. The summed E-state index contributed by atoms with van der Waals surface area (Å²) in [5, 5.41) is 14.4. The number of rotatable bonds is 5. The van der Waals surface area contributed by atoms with Crippen molar-refractivity contribution in [2.24, 2.45) is 0 Å². The average Bonchev–Trinajstić information content (AvgIpc) is 2.31. The van der Waals surface area contributed by atoms with Crippen molar-refractivity contribution in [2.75, 3.05) is 17.3 Å². The average molecular weight is 289 g/mol. The summed E-state index contributed by atoms with van der Waals surface area (Å²) < 4.78 is 0. The molecule has 0 aliphatic rings. The summed E-state index contributed by atoms with van der Waals surface area (Å²) in [6, 6.07) is 5.06. The molecule has 1 unspecified atom stereocenters. The van der Waals surface area contributed by atoms with Crippen LogP contribution in [0.4, 0.5) is 10.5 Å². The minimum Gasteiger partial charge on any atom is -0.480 e. The SMILES string of the molecule is CSCC(NC(=O)Nc1ccc(Cl)cc1)C(=O)O. The van der Waals surface area contributed by atoms with Crippen molar-refractivity contribution in [3.63, 3.8) is 0 Å². The standard InChI is InChI=1S/C11H13ClN2O3S/c1-18-6-9(10(15)16)14-11(17)13-8-4-2-7(12)3-5-8/h2-5,9H,6H2,1H3,(H,15,16)(H2,13,14,17). The lowest BCUT2D eigenvalue weighted by Gasteiger charge is -2.14. The summed E-state index contributed by atoms with van der Waals surface area (Å²) in [5.74, 6) is -0.751. The first kappa shape index (κ1) is 14.7. The Morgan fingerprint density at radius 3 is 2.50 bits per heavy atom.